The highest BCUT2D eigenvalue weighted by molar-refractivity contribution is 6.07. The van der Waals surface area contributed by atoms with Crippen molar-refractivity contribution in [3.63, 3.8) is 0 Å². The maximum absolute atomic E-state index is 7.06. The molecule has 0 unspecified atom stereocenters. The van der Waals surface area contributed by atoms with Crippen LogP contribution in [0.3, 0.4) is 0 Å². The van der Waals surface area contributed by atoms with E-state index < -0.39 is 5.41 Å². The average molecular weight is 639 g/mol. The molecule has 2 aromatic heterocycles. The van der Waals surface area contributed by atoms with Crippen LogP contribution >= 0.6 is 0 Å². The van der Waals surface area contributed by atoms with Crippen LogP contribution in [-0.4, -0.2) is 9.97 Å². The van der Waals surface area contributed by atoms with Crippen LogP contribution in [0.5, 0.6) is 11.5 Å². The number of fused-ring (bicyclic) bond motifs is 6. The molecule has 1 aliphatic rings. The van der Waals surface area contributed by atoms with Gasteiger partial charge in [0.1, 0.15) is 11.5 Å². The highest BCUT2D eigenvalue weighted by Crippen LogP contribution is 2.58. The van der Waals surface area contributed by atoms with Crippen LogP contribution in [0.2, 0.25) is 0 Å². The van der Waals surface area contributed by atoms with Gasteiger partial charge in [-0.3, -0.25) is 4.98 Å². The van der Waals surface area contributed by atoms with Crippen LogP contribution in [0.15, 0.2) is 182 Å². The van der Waals surface area contributed by atoms with Gasteiger partial charge in [-0.2, -0.15) is 0 Å². The molecule has 0 amide bonds. The molecule has 0 saturated heterocycles. The fraction of sp³-hybridized carbons (Fsp3) is 0.0213. The predicted molar refractivity (Wildman–Crippen MR) is 204 cm³/mol. The van der Waals surface area contributed by atoms with Crippen molar-refractivity contribution in [2.45, 2.75) is 5.41 Å². The molecule has 0 spiro atoms. The van der Waals surface area contributed by atoms with E-state index in [0.717, 1.165) is 77.6 Å². The average Bonchev–Trinajstić information content (AvgIpc) is 3.20. The Bertz CT molecular complexity index is 2700. The lowest BCUT2D eigenvalue weighted by Crippen LogP contribution is -2.34. The number of hydrogen-bond donors (Lipinski definition) is 0. The smallest absolute Gasteiger partial charge is 0.140 e. The van der Waals surface area contributed by atoms with Crippen LogP contribution in [0.25, 0.3) is 55.0 Å². The summed E-state index contributed by atoms with van der Waals surface area (Å²) in [6.45, 7) is 0. The zero-order chi connectivity index (χ0) is 33.1. The number of ether oxygens (including phenoxy) is 1. The van der Waals surface area contributed by atoms with E-state index >= 15 is 0 Å². The SMILES string of the molecule is c1ccc(C2(c3ccccc3)c3ccccc3Oc3c(-c4ccc5ccccc5c4-c4ccc5ccc6cccnc6c5n4)cccc32)cc1. The first kappa shape index (κ1) is 28.4. The lowest BCUT2D eigenvalue weighted by molar-refractivity contribution is 0.436. The molecule has 3 heteroatoms. The Morgan fingerprint density at radius 2 is 1.08 bits per heavy atom. The van der Waals surface area contributed by atoms with E-state index in [1.165, 1.54) is 11.1 Å². The van der Waals surface area contributed by atoms with Gasteiger partial charge in [0, 0.05) is 39.2 Å². The molecule has 234 valence electrons. The van der Waals surface area contributed by atoms with Crippen molar-refractivity contribution in [2.75, 3.05) is 0 Å². The Morgan fingerprint density at radius 3 is 1.90 bits per heavy atom. The Morgan fingerprint density at radius 1 is 0.440 bits per heavy atom. The minimum absolute atomic E-state index is 0.606. The molecule has 3 nitrogen and oxygen atoms in total. The quantitative estimate of drug-likeness (QED) is 0.180. The second-order valence-electron chi connectivity index (χ2n) is 12.9. The normalized spacial score (nSPS) is 13.1. The molecular formula is C47H30N2O. The highest BCUT2D eigenvalue weighted by atomic mass is 16.5. The molecule has 9 aromatic rings. The maximum Gasteiger partial charge on any atom is 0.140 e. The summed E-state index contributed by atoms with van der Waals surface area (Å²) in [5.74, 6) is 1.70. The lowest BCUT2D eigenvalue weighted by Gasteiger charge is -2.42. The topological polar surface area (TPSA) is 35.0 Å². The molecule has 0 bridgehead atoms. The molecule has 10 rings (SSSR count). The third-order valence-electron chi connectivity index (χ3n) is 10.2. The summed E-state index contributed by atoms with van der Waals surface area (Å²) < 4.78 is 7.06. The van der Waals surface area contributed by atoms with Gasteiger partial charge >= 0.3 is 0 Å². The van der Waals surface area contributed by atoms with Crippen LogP contribution in [0.4, 0.5) is 0 Å². The summed E-state index contributed by atoms with van der Waals surface area (Å²) in [5.41, 5.74) is 9.85. The van der Waals surface area contributed by atoms with Gasteiger partial charge in [-0.15, -0.1) is 0 Å². The van der Waals surface area contributed by atoms with E-state index in [4.69, 9.17) is 14.7 Å². The summed E-state index contributed by atoms with van der Waals surface area (Å²) in [6.07, 6.45) is 1.84. The lowest BCUT2D eigenvalue weighted by atomic mass is 9.63. The summed E-state index contributed by atoms with van der Waals surface area (Å²) in [4.78, 5) is 10.1. The maximum atomic E-state index is 7.06. The second kappa shape index (κ2) is 11.3. The molecule has 1 aliphatic heterocycles. The second-order valence-corrected chi connectivity index (χ2v) is 12.9. The van der Waals surface area contributed by atoms with Gasteiger partial charge in [0.05, 0.1) is 22.1 Å². The van der Waals surface area contributed by atoms with Crippen molar-refractivity contribution < 1.29 is 4.74 Å². The van der Waals surface area contributed by atoms with Crippen LogP contribution in [0.1, 0.15) is 22.3 Å². The van der Waals surface area contributed by atoms with E-state index in [9.17, 15) is 0 Å². The first-order valence-corrected chi connectivity index (χ1v) is 17.0. The molecule has 0 aliphatic carbocycles. The zero-order valence-corrected chi connectivity index (χ0v) is 27.1. The van der Waals surface area contributed by atoms with Crippen molar-refractivity contribution in [3.05, 3.63) is 204 Å². The minimum atomic E-state index is -0.606. The Kier molecular flexibility index (Phi) is 6.40. The number of rotatable bonds is 4. The largest absolute Gasteiger partial charge is 0.456 e. The van der Waals surface area contributed by atoms with Crippen molar-refractivity contribution in [2.24, 2.45) is 0 Å². The van der Waals surface area contributed by atoms with Crippen molar-refractivity contribution in [1.29, 1.82) is 0 Å². The van der Waals surface area contributed by atoms with Gasteiger partial charge in [0.2, 0.25) is 0 Å². The molecule has 0 fully saturated rings. The fourth-order valence-corrected chi connectivity index (χ4v) is 8.07. The number of aromatic nitrogens is 2. The molecule has 7 aromatic carbocycles. The van der Waals surface area contributed by atoms with E-state index in [1.807, 2.05) is 12.3 Å². The molecule has 50 heavy (non-hydrogen) atoms. The van der Waals surface area contributed by atoms with Gasteiger partial charge in [-0.25, -0.2) is 4.98 Å². The van der Waals surface area contributed by atoms with E-state index in [-0.39, 0.29) is 0 Å². The summed E-state index contributed by atoms with van der Waals surface area (Å²) >= 11 is 0. The monoisotopic (exact) mass is 638 g/mol. The third-order valence-corrected chi connectivity index (χ3v) is 10.2. The molecule has 0 N–H and O–H groups in total. The number of benzene rings is 7. The zero-order valence-electron chi connectivity index (χ0n) is 27.1. The van der Waals surface area contributed by atoms with Crippen molar-refractivity contribution in [3.8, 4) is 33.9 Å². The van der Waals surface area contributed by atoms with Crippen LogP contribution in [-0.2, 0) is 5.41 Å². The first-order valence-electron chi connectivity index (χ1n) is 17.0. The number of hydrogen-bond acceptors (Lipinski definition) is 3. The molecule has 3 heterocycles. The van der Waals surface area contributed by atoms with Gasteiger partial charge in [-0.1, -0.05) is 158 Å². The Balaban J connectivity index is 1.30. The molecule has 0 radical (unpaired) electrons. The summed E-state index contributed by atoms with van der Waals surface area (Å²) in [6, 6.07) is 62.4. The van der Waals surface area contributed by atoms with Gasteiger partial charge < -0.3 is 4.74 Å². The van der Waals surface area contributed by atoms with Gasteiger partial charge in [-0.05, 0) is 45.7 Å². The number of nitrogens with zero attached hydrogens (tertiary/aromatic N) is 2. The van der Waals surface area contributed by atoms with Gasteiger partial charge in [0.25, 0.3) is 0 Å². The first-order chi connectivity index (χ1) is 24.8. The van der Waals surface area contributed by atoms with Crippen LogP contribution < -0.4 is 4.74 Å². The van der Waals surface area contributed by atoms with Crippen LogP contribution in [0, 0.1) is 0 Å². The molecule has 0 saturated carbocycles. The highest BCUT2D eigenvalue weighted by Gasteiger charge is 2.46. The Hall–Kier alpha value is -6.58. The number of para-hydroxylation sites is 2. The standard InChI is InChI=1S/C47H30N2O/c1-3-15-34(16-4-1)47(35-17-5-2-6-18-35)39-21-9-10-23-42(39)50-46-38(20-11-22-40(46)47)37-28-26-31-13-7-8-19-36(31)43(37)41-29-27-33-25-24-32-14-12-30-48-44(32)45(33)49-41/h1-30H. The predicted octanol–water partition coefficient (Wildman–Crippen LogP) is 11.8. The fourth-order valence-electron chi connectivity index (χ4n) is 8.07. The van der Waals surface area contributed by atoms with Gasteiger partial charge in [0.15, 0.2) is 0 Å². The van der Waals surface area contributed by atoms with E-state index in [0.29, 0.717) is 0 Å². The summed E-state index contributed by atoms with van der Waals surface area (Å²) in [5, 5.41) is 4.43. The number of pyridine rings is 2. The van der Waals surface area contributed by atoms with E-state index in [2.05, 4.69) is 170 Å². The van der Waals surface area contributed by atoms with E-state index in [1.54, 1.807) is 0 Å². The molecular weight excluding hydrogens is 609 g/mol. The Labute approximate surface area is 290 Å². The van der Waals surface area contributed by atoms with Crippen molar-refractivity contribution >= 4 is 32.6 Å². The summed E-state index contributed by atoms with van der Waals surface area (Å²) in [7, 11) is 0. The third kappa shape index (κ3) is 4.17. The van der Waals surface area contributed by atoms with Crippen molar-refractivity contribution in [1.82, 2.24) is 9.97 Å². The minimum Gasteiger partial charge on any atom is -0.456 e. The molecule has 0 atom stereocenters.